The lowest BCUT2D eigenvalue weighted by atomic mass is 10.1. The number of aromatic nitrogens is 4. The standard InChI is InChI=1S/C19H21N5O/c1-12-9-13(2)24(23-12)17-6-4-3-5-15(17)10-20-19(25)16-11-21-22-18(16)14-7-8-14/h3-6,9,11,14H,7-8,10H2,1-2H3,(H,20,25)(H,21,22). The Morgan fingerprint density at radius 2 is 2.12 bits per heavy atom. The topological polar surface area (TPSA) is 75.6 Å². The average molecular weight is 335 g/mol. The molecule has 2 N–H and O–H groups in total. The highest BCUT2D eigenvalue weighted by molar-refractivity contribution is 5.95. The summed E-state index contributed by atoms with van der Waals surface area (Å²) in [4.78, 5) is 12.6. The van der Waals surface area contributed by atoms with Crippen molar-refractivity contribution < 1.29 is 4.79 Å². The average Bonchev–Trinajstić information content (AvgIpc) is 3.23. The van der Waals surface area contributed by atoms with E-state index in [1.807, 2.05) is 48.9 Å². The fraction of sp³-hybridized carbons (Fsp3) is 0.316. The van der Waals surface area contributed by atoms with Gasteiger partial charge in [-0.3, -0.25) is 9.89 Å². The lowest BCUT2D eigenvalue weighted by Gasteiger charge is -2.12. The number of benzene rings is 1. The van der Waals surface area contributed by atoms with E-state index < -0.39 is 0 Å². The molecule has 0 saturated heterocycles. The minimum Gasteiger partial charge on any atom is -0.348 e. The van der Waals surface area contributed by atoms with Gasteiger partial charge in [0.2, 0.25) is 0 Å². The zero-order valence-corrected chi connectivity index (χ0v) is 14.4. The number of carbonyl (C=O) groups is 1. The van der Waals surface area contributed by atoms with Crippen LogP contribution in [0.5, 0.6) is 0 Å². The second-order valence-corrected chi connectivity index (χ2v) is 6.62. The van der Waals surface area contributed by atoms with Crippen LogP contribution in [-0.2, 0) is 6.54 Å². The summed E-state index contributed by atoms with van der Waals surface area (Å²) in [5.41, 5.74) is 5.68. The Morgan fingerprint density at radius 1 is 1.32 bits per heavy atom. The van der Waals surface area contributed by atoms with Crippen LogP contribution in [0.4, 0.5) is 0 Å². The predicted molar refractivity (Wildman–Crippen MR) is 94.8 cm³/mol. The molecule has 128 valence electrons. The highest BCUT2D eigenvalue weighted by Crippen LogP contribution is 2.40. The van der Waals surface area contributed by atoms with Crippen molar-refractivity contribution in [2.45, 2.75) is 39.2 Å². The summed E-state index contributed by atoms with van der Waals surface area (Å²) in [6.07, 6.45) is 3.88. The van der Waals surface area contributed by atoms with Crippen LogP contribution in [0.1, 0.15) is 51.8 Å². The molecular formula is C19H21N5O. The second-order valence-electron chi connectivity index (χ2n) is 6.62. The minimum atomic E-state index is -0.0844. The van der Waals surface area contributed by atoms with Crippen LogP contribution in [0.15, 0.2) is 36.5 Å². The Bertz CT molecular complexity index is 920. The largest absolute Gasteiger partial charge is 0.348 e. The van der Waals surface area contributed by atoms with Crippen molar-refractivity contribution in [1.29, 1.82) is 0 Å². The molecule has 2 heterocycles. The van der Waals surface area contributed by atoms with Crippen molar-refractivity contribution >= 4 is 5.91 Å². The van der Waals surface area contributed by atoms with Crippen LogP contribution in [0.3, 0.4) is 0 Å². The summed E-state index contributed by atoms with van der Waals surface area (Å²) in [6, 6.07) is 10.0. The SMILES string of the molecule is Cc1cc(C)n(-c2ccccc2CNC(=O)c2cn[nH]c2C2CC2)n1. The van der Waals surface area contributed by atoms with E-state index in [0.29, 0.717) is 18.0 Å². The molecule has 1 aliphatic carbocycles. The number of amides is 1. The third-order valence-electron chi connectivity index (χ3n) is 4.57. The van der Waals surface area contributed by atoms with Crippen LogP contribution in [-0.4, -0.2) is 25.9 Å². The number of nitrogens with zero attached hydrogens (tertiary/aromatic N) is 3. The summed E-state index contributed by atoms with van der Waals surface area (Å²) in [7, 11) is 0. The molecule has 1 fully saturated rings. The van der Waals surface area contributed by atoms with Gasteiger partial charge in [0.25, 0.3) is 5.91 Å². The van der Waals surface area contributed by atoms with Crippen molar-refractivity contribution in [3.63, 3.8) is 0 Å². The number of nitrogens with one attached hydrogen (secondary N) is 2. The summed E-state index contributed by atoms with van der Waals surface area (Å²) in [6.45, 7) is 4.46. The molecule has 25 heavy (non-hydrogen) atoms. The zero-order chi connectivity index (χ0) is 17.4. The molecule has 0 radical (unpaired) electrons. The van der Waals surface area contributed by atoms with E-state index in [1.165, 1.54) is 0 Å². The molecule has 1 saturated carbocycles. The number of carbonyl (C=O) groups excluding carboxylic acids is 1. The van der Waals surface area contributed by atoms with Crippen LogP contribution >= 0.6 is 0 Å². The maximum absolute atomic E-state index is 12.6. The van der Waals surface area contributed by atoms with Crippen molar-refractivity contribution in [2.75, 3.05) is 0 Å². The molecular weight excluding hydrogens is 314 g/mol. The molecule has 0 aliphatic heterocycles. The molecule has 0 spiro atoms. The van der Waals surface area contributed by atoms with Crippen LogP contribution in [0.2, 0.25) is 0 Å². The molecule has 1 amide bonds. The number of para-hydroxylation sites is 1. The molecule has 2 aromatic heterocycles. The monoisotopic (exact) mass is 335 g/mol. The highest BCUT2D eigenvalue weighted by Gasteiger charge is 2.29. The van der Waals surface area contributed by atoms with E-state index in [9.17, 15) is 4.79 Å². The number of hydrogen-bond acceptors (Lipinski definition) is 3. The van der Waals surface area contributed by atoms with Gasteiger partial charge in [-0.25, -0.2) is 4.68 Å². The van der Waals surface area contributed by atoms with Gasteiger partial charge in [0, 0.05) is 18.2 Å². The first-order valence-electron chi connectivity index (χ1n) is 8.56. The molecule has 0 atom stereocenters. The van der Waals surface area contributed by atoms with Gasteiger partial charge in [-0.1, -0.05) is 18.2 Å². The van der Waals surface area contributed by atoms with Gasteiger partial charge in [0.15, 0.2) is 0 Å². The highest BCUT2D eigenvalue weighted by atomic mass is 16.1. The van der Waals surface area contributed by atoms with E-state index >= 15 is 0 Å². The zero-order valence-electron chi connectivity index (χ0n) is 14.4. The van der Waals surface area contributed by atoms with Gasteiger partial charge in [0.05, 0.1) is 28.8 Å². The van der Waals surface area contributed by atoms with Crippen LogP contribution < -0.4 is 5.32 Å². The molecule has 6 heteroatoms. The Morgan fingerprint density at radius 3 is 2.84 bits per heavy atom. The molecule has 0 unspecified atom stereocenters. The van der Waals surface area contributed by atoms with Gasteiger partial charge in [-0.05, 0) is 44.4 Å². The van der Waals surface area contributed by atoms with Crippen molar-refractivity contribution in [3.05, 3.63) is 64.7 Å². The van der Waals surface area contributed by atoms with Crippen LogP contribution in [0.25, 0.3) is 5.69 Å². The minimum absolute atomic E-state index is 0.0844. The van der Waals surface area contributed by atoms with Gasteiger partial charge < -0.3 is 5.32 Å². The Balaban J connectivity index is 1.54. The molecule has 3 aromatic rings. The fourth-order valence-corrected chi connectivity index (χ4v) is 3.17. The molecule has 4 rings (SSSR count). The number of aromatic amines is 1. The third-order valence-corrected chi connectivity index (χ3v) is 4.57. The number of hydrogen-bond donors (Lipinski definition) is 2. The van der Waals surface area contributed by atoms with E-state index in [4.69, 9.17) is 0 Å². The number of H-pyrrole nitrogens is 1. The first-order valence-corrected chi connectivity index (χ1v) is 8.56. The summed E-state index contributed by atoms with van der Waals surface area (Å²) in [5.74, 6) is 0.379. The third kappa shape index (κ3) is 3.07. The van der Waals surface area contributed by atoms with E-state index in [2.05, 4.69) is 20.6 Å². The molecule has 6 nitrogen and oxygen atoms in total. The summed E-state index contributed by atoms with van der Waals surface area (Å²) >= 11 is 0. The Hall–Kier alpha value is -2.89. The Kier molecular flexibility index (Phi) is 3.87. The lowest BCUT2D eigenvalue weighted by Crippen LogP contribution is -2.24. The van der Waals surface area contributed by atoms with Crippen molar-refractivity contribution in [1.82, 2.24) is 25.3 Å². The first kappa shape index (κ1) is 15.6. The van der Waals surface area contributed by atoms with E-state index in [0.717, 1.165) is 41.2 Å². The maximum Gasteiger partial charge on any atom is 0.255 e. The maximum atomic E-state index is 12.6. The molecule has 1 aliphatic rings. The predicted octanol–water partition coefficient (Wildman–Crippen LogP) is 3.02. The lowest BCUT2D eigenvalue weighted by molar-refractivity contribution is 0.0950. The molecule has 0 bridgehead atoms. The van der Waals surface area contributed by atoms with Crippen molar-refractivity contribution in [2.24, 2.45) is 0 Å². The number of rotatable bonds is 5. The first-order chi connectivity index (χ1) is 12.1. The second kappa shape index (κ2) is 6.20. The van der Waals surface area contributed by atoms with E-state index in [1.54, 1.807) is 6.20 Å². The van der Waals surface area contributed by atoms with Gasteiger partial charge >= 0.3 is 0 Å². The van der Waals surface area contributed by atoms with Crippen LogP contribution in [0, 0.1) is 13.8 Å². The van der Waals surface area contributed by atoms with E-state index in [-0.39, 0.29) is 5.91 Å². The van der Waals surface area contributed by atoms with Gasteiger partial charge in [0.1, 0.15) is 0 Å². The normalized spacial score (nSPS) is 13.8. The van der Waals surface area contributed by atoms with Crippen molar-refractivity contribution in [3.8, 4) is 5.69 Å². The van der Waals surface area contributed by atoms with Gasteiger partial charge in [-0.15, -0.1) is 0 Å². The molecule has 1 aromatic carbocycles. The number of aryl methyl sites for hydroxylation is 2. The quantitative estimate of drug-likeness (QED) is 0.752. The smallest absolute Gasteiger partial charge is 0.255 e. The summed E-state index contributed by atoms with van der Waals surface area (Å²) < 4.78 is 1.92. The summed E-state index contributed by atoms with van der Waals surface area (Å²) in [5, 5.41) is 14.6. The fourth-order valence-electron chi connectivity index (χ4n) is 3.17. The Labute approximate surface area is 146 Å². The van der Waals surface area contributed by atoms with Gasteiger partial charge in [-0.2, -0.15) is 10.2 Å².